The molecule has 0 bridgehead atoms. The summed E-state index contributed by atoms with van der Waals surface area (Å²) < 4.78 is 11.8. The van der Waals surface area contributed by atoms with E-state index in [4.69, 9.17) is 9.47 Å². The van der Waals surface area contributed by atoms with Crippen LogP contribution in [0.2, 0.25) is 0 Å². The van der Waals surface area contributed by atoms with Gasteiger partial charge in [0.2, 0.25) is 0 Å². The van der Waals surface area contributed by atoms with Crippen LogP contribution in [-0.2, 0) is 9.47 Å². The van der Waals surface area contributed by atoms with Crippen LogP contribution in [0.15, 0.2) is 30.3 Å². The van der Waals surface area contributed by atoms with Crippen molar-refractivity contribution < 1.29 is 9.47 Å². The molecular weight excluding hydrogens is 232 g/mol. The fourth-order valence-electron chi connectivity index (χ4n) is 2.06. The fourth-order valence-corrected chi connectivity index (χ4v) is 2.96. The van der Waals surface area contributed by atoms with Gasteiger partial charge >= 0.3 is 0 Å². The Morgan fingerprint density at radius 3 is 2.59 bits per heavy atom. The lowest BCUT2D eigenvalue weighted by molar-refractivity contribution is 0.119. The van der Waals surface area contributed by atoms with Crippen LogP contribution in [-0.4, -0.2) is 29.3 Å². The first-order valence-corrected chi connectivity index (χ1v) is 7.01. The Balaban J connectivity index is 1.39. The summed E-state index contributed by atoms with van der Waals surface area (Å²) in [5, 5.41) is 0.677. The van der Waals surface area contributed by atoms with Crippen LogP contribution in [0, 0.1) is 0 Å². The van der Waals surface area contributed by atoms with E-state index < -0.39 is 0 Å². The Kier molecular flexibility index (Phi) is 2.93. The van der Waals surface area contributed by atoms with E-state index in [-0.39, 0.29) is 12.2 Å². The molecule has 3 rings (SSSR count). The van der Waals surface area contributed by atoms with Gasteiger partial charge in [0.1, 0.15) is 12.2 Å². The summed E-state index contributed by atoms with van der Waals surface area (Å²) in [7, 11) is 0. The Morgan fingerprint density at radius 1 is 1.24 bits per heavy atom. The highest BCUT2D eigenvalue weighted by Crippen LogP contribution is 2.52. The van der Waals surface area contributed by atoms with Gasteiger partial charge < -0.3 is 9.47 Å². The molecule has 0 radical (unpaired) electrons. The monoisotopic (exact) mass is 250 g/mol. The molecule has 2 nitrogen and oxygen atoms in total. The molecule has 3 heteroatoms. The molecule has 1 aromatic rings. The summed E-state index contributed by atoms with van der Waals surface area (Å²) in [6.07, 6.45) is 0.528. The minimum atomic E-state index is 0.260. The van der Waals surface area contributed by atoms with Crippen molar-refractivity contribution in [2.24, 2.45) is 0 Å². The van der Waals surface area contributed by atoms with Crippen molar-refractivity contribution in [1.82, 2.24) is 0 Å². The first kappa shape index (κ1) is 11.6. The lowest BCUT2D eigenvalue weighted by atomic mass is 10.1. The number of hydrogen-bond donors (Lipinski definition) is 0. The Hall–Kier alpha value is -0.510. The molecule has 2 fully saturated rings. The maximum absolute atomic E-state index is 5.72. The SMILES string of the molecule is CC1(C)SC1COCC1OC1c1ccccc1. The van der Waals surface area contributed by atoms with Crippen molar-refractivity contribution in [3.8, 4) is 0 Å². The molecule has 2 saturated heterocycles. The summed E-state index contributed by atoms with van der Waals surface area (Å²) >= 11 is 2.00. The second kappa shape index (κ2) is 4.30. The predicted molar refractivity (Wildman–Crippen MR) is 70.3 cm³/mol. The average molecular weight is 250 g/mol. The van der Waals surface area contributed by atoms with E-state index in [2.05, 4.69) is 38.1 Å². The van der Waals surface area contributed by atoms with Crippen LogP contribution in [0.4, 0.5) is 0 Å². The molecule has 17 heavy (non-hydrogen) atoms. The zero-order valence-corrected chi connectivity index (χ0v) is 11.1. The standard InChI is InChI=1S/C14H18O2S/c1-14(2)12(17-14)9-15-8-11-13(16-11)10-6-4-3-5-7-10/h3-7,11-13H,8-9H2,1-2H3. The van der Waals surface area contributed by atoms with E-state index in [0.29, 0.717) is 10.00 Å². The largest absolute Gasteiger partial charge is 0.377 e. The van der Waals surface area contributed by atoms with Crippen molar-refractivity contribution in [1.29, 1.82) is 0 Å². The van der Waals surface area contributed by atoms with Gasteiger partial charge in [-0.3, -0.25) is 0 Å². The minimum Gasteiger partial charge on any atom is -0.377 e. The zero-order chi connectivity index (χ0) is 11.9. The Morgan fingerprint density at radius 2 is 1.94 bits per heavy atom. The van der Waals surface area contributed by atoms with Crippen molar-refractivity contribution in [3.63, 3.8) is 0 Å². The molecule has 0 spiro atoms. The van der Waals surface area contributed by atoms with Crippen molar-refractivity contribution in [3.05, 3.63) is 35.9 Å². The third kappa shape index (κ3) is 2.67. The van der Waals surface area contributed by atoms with Crippen LogP contribution >= 0.6 is 11.8 Å². The lowest BCUT2D eigenvalue weighted by Crippen LogP contribution is -2.12. The van der Waals surface area contributed by atoms with E-state index in [1.807, 2.05) is 17.8 Å². The van der Waals surface area contributed by atoms with E-state index in [9.17, 15) is 0 Å². The van der Waals surface area contributed by atoms with E-state index in [1.54, 1.807) is 0 Å². The number of benzene rings is 1. The van der Waals surface area contributed by atoms with E-state index in [1.165, 1.54) is 5.56 Å². The predicted octanol–water partition coefficient (Wildman–Crippen LogP) is 3.04. The highest BCUT2D eigenvalue weighted by Gasteiger charge is 2.47. The van der Waals surface area contributed by atoms with Crippen molar-refractivity contribution in [2.75, 3.05) is 13.2 Å². The van der Waals surface area contributed by atoms with Crippen LogP contribution < -0.4 is 0 Å². The Bertz CT molecular complexity index is 390. The highest BCUT2D eigenvalue weighted by atomic mass is 32.2. The summed E-state index contributed by atoms with van der Waals surface area (Å²) in [6.45, 7) is 6.13. The molecule has 2 heterocycles. The topological polar surface area (TPSA) is 21.8 Å². The summed E-state index contributed by atoms with van der Waals surface area (Å²) in [6, 6.07) is 10.4. The highest BCUT2D eigenvalue weighted by molar-refractivity contribution is 8.08. The molecule has 92 valence electrons. The number of epoxide rings is 1. The molecule has 3 atom stereocenters. The second-order valence-corrected chi connectivity index (χ2v) is 7.11. The summed E-state index contributed by atoms with van der Waals surface area (Å²) in [5.74, 6) is 0. The van der Waals surface area contributed by atoms with Crippen molar-refractivity contribution in [2.45, 2.75) is 36.1 Å². The normalized spacial score (nSPS) is 33.4. The molecule has 0 saturated carbocycles. The van der Waals surface area contributed by atoms with E-state index in [0.717, 1.165) is 13.2 Å². The number of rotatable bonds is 5. The zero-order valence-electron chi connectivity index (χ0n) is 10.3. The lowest BCUT2D eigenvalue weighted by Gasteiger charge is -2.02. The second-order valence-electron chi connectivity index (χ2n) is 5.25. The maximum Gasteiger partial charge on any atom is 0.112 e. The van der Waals surface area contributed by atoms with Crippen LogP contribution in [0.1, 0.15) is 25.5 Å². The number of hydrogen-bond acceptors (Lipinski definition) is 3. The quantitative estimate of drug-likeness (QED) is 0.750. The fraction of sp³-hybridized carbons (Fsp3) is 0.571. The van der Waals surface area contributed by atoms with Crippen LogP contribution in [0.5, 0.6) is 0 Å². The van der Waals surface area contributed by atoms with Gasteiger partial charge in [-0.1, -0.05) is 30.3 Å². The van der Waals surface area contributed by atoms with Gasteiger partial charge in [0.15, 0.2) is 0 Å². The summed E-state index contributed by atoms with van der Waals surface area (Å²) in [4.78, 5) is 0. The molecule has 0 aliphatic carbocycles. The minimum absolute atomic E-state index is 0.260. The smallest absolute Gasteiger partial charge is 0.112 e. The van der Waals surface area contributed by atoms with Gasteiger partial charge in [0.25, 0.3) is 0 Å². The first-order valence-electron chi connectivity index (χ1n) is 6.13. The summed E-state index contributed by atoms with van der Waals surface area (Å²) in [5.41, 5.74) is 1.27. The molecule has 1 aromatic carbocycles. The third-order valence-electron chi connectivity index (χ3n) is 3.43. The third-order valence-corrected chi connectivity index (χ3v) is 5.07. The molecule has 3 unspecified atom stereocenters. The molecular formula is C14H18O2S. The van der Waals surface area contributed by atoms with Gasteiger partial charge in [-0.2, -0.15) is 0 Å². The van der Waals surface area contributed by atoms with Crippen LogP contribution in [0.25, 0.3) is 0 Å². The van der Waals surface area contributed by atoms with Crippen LogP contribution in [0.3, 0.4) is 0 Å². The molecule has 2 aliphatic heterocycles. The molecule has 2 aliphatic rings. The first-order chi connectivity index (χ1) is 8.17. The van der Waals surface area contributed by atoms with Gasteiger partial charge in [-0.15, -0.1) is 11.8 Å². The molecule has 0 N–H and O–H groups in total. The average Bonchev–Trinajstić information content (AvgIpc) is 3.19. The van der Waals surface area contributed by atoms with Gasteiger partial charge in [-0.05, 0) is 19.4 Å². The van der Waals surface area contributed by atoms with Crippen molar-refractivity contribution >= 4 is 11.8 Å². The number of ether oxygens (including phenoxy) is 2. The van der Waals surface area contributed by atoms with E-state index >= 15 is 0 Å². The van der Waals surface area contributed by atoms with Gasteiger partial charge in [0.05, 0.1) is 13.2 Å². The van der Waals surface area contributed by atoms with Gasteiger partial charge in [0, 0.05) is 10.00 Å². The molecule has 0 aromatic heterocycles. The Labute approximate surface area is 107 Å². The number of thioether (sulfide) groups is 1. The molecule has 0 amide bonds. The maximum atomic E-state index is 5.72. The van der Waals surface area contributed by atoms with Gasteiger partial charge in [-0.25, -0.2) is 0 Å².